The number of H-pyrrole nitrogens is 1. The van der Waals surface area contributed by atoms with Gasteiger partial charge >= 0.3 is 0 Å². The van der Waals surface area contributed by atoms with Crippen LogP contribution in [0.3, 0.4) is 0 Å². The van der Waals surface area contributed by atoms with E-state index in [1.165, 1.54) is 0 Å². The van der Waals surface area contributed by atoms with Gasteiger partial charge in [0.25, 0.3) is 0 Å². The monoisotopic (exact) mass is 678 g/mol. The van der Waals surface area contributed by atoms with Crippen LogP contribution in [-0.2, 0) is 0 Å². The molecule has 1 aromatic heterocycles. The Morgan fingerprint density at radius 1 is 0.519 bits per heavy atom. The molecule has 4 unspecified atom stereocenters. The fourth-order valence-electron chi connectivity index (χ4n) is 7.74. The van der Waals surface area contributed by atoms with Crippen LogP contribution in [0.2, 0.25) is 0 Å². The SMILES string of the molecule is Nc1ccc(C2=C3C=CC(N3)C(c3ccc(N)cc3)c3ccc([nH]3)/C(c3ccc(N)cc3)=C3/C=CC(=N3)C(c3ccc(N)cc3)C3C=CC2=N3)cc1. The first-order valence-electron chi connectivity index (χ1n) is 17.5. The van der Waals surface area contributed by atoms with Gasteiger partial charge in [0.15, 0.2) is 0 Å². The van der Waals surface area contributed by atoms with Gasteiger partial charge in [0.1, 0.15) is 0 Å². The van der Waals surface area contributed by atoms with Gasteiger partial charge < -0.3 is 33.2 Å². The van der Waals surface area contributed by atoms with Crippen LogP contribution in [0.5, 0.6) is 0 Å². The van der Waals surface area contributed by atoms with Gasteiger partial charge in [-0.05, 0) is 107 Å². The molecule has 9 rings (SSSR count). The number of anilines is 4. The summed E-state index contributed by atoms with van der Waals surface area (Å²) >= 11 is 0. The zero-order chi connectivity index (χ0) is 35.3. The van der Waals surface area contributed by atoms with Crippen molar-refractivity contribution in [3.63, 3.8) is 0 Å². The van der Waals surface area contributed by atoms with Crippen LogP contribution < -0.4 is 28.3 Å². The minimum absolute atomic E-state index is 0.0665. The Morgan fingerprint density at radius 3 is 1.73 bits per heavy atom. The van der Waals surface area contributed by atoms with Gasteiger partial charge in [-0.15, -0.1) is 0 Å². The summed E-state index contributed by atoms with van der Waals surface area (Å²) in [6.45, 7) is 0. The third-order valence-corrected chi connectivity index (χ3v) is 10.3. The first-order valence-corrected chi connectivity index (χ1v) is 17.5. The summed E-state index contributed by atoms with van der Waals surface area (Å²) in [5.74, 6) is -0.224. The number of rotatable bonds is 4. The standard InChI is InChI=1S/C44H38N8/c45-29-9-1-25(2-10-29)41-33-17-19-35(49-33)42(26-3-11-30(46)12-4-26)37-21-23-39(51-37)44(28-7-15-32(48)16-8-28)40-24-22-38(52-40)43(36-20-18-34(41)50-36)27-5-13-31(47)14-6-27/h1-24,33,39,41,44,49-50H,45-48H2/b42-35?,43-38-. The van der Waals surface area contributed by atoms with E-state index in [9.17, 15) is 0 Å². The van der Waals surface area contributed by atoms with Crippen molar-refractivity contribution in [2.45, 2.75) is 23.9 Å². The van der Waals surface area contributed by atoms with Gasteiger partial charge in [0.2, 0.25) is 0 Å². The fourth-order valence-corrected chi connectivity index (χ4v) is 7.74. The molecular weight excluding hydrogens is 641 g/mol. The minimum atomic E-state index is -0.209. The third kappa shape index (κ3) is 5.60. The largest absolute Gasteiger partial charge is 0.399 e. The van der Waals surface area contributed by atoms with E-state index < -0.39 is 0 Å². The number of aromatic nitrogens is 1. The van der Waals surface area contributed by atoms with Crippen molar-refractivity contribution in [1.29, 1.82) is 0 Å². The van der Waals surface area contributed by atoms with Crippen LogP contribution in [0, 0.1) is 0 Å². The average molecular weight is 679 g/mol. The Balaban J connectivity index is 1.29. The van der Waals surface area contributed by atoms with Gasteiger partial charge in [-0.25, -0.2) is 0 Å². The van der Waals surface area contributed by atoms with Gasteiger partial charge in [-0.1, -0.05) is 60.7 Å². The van der Waals surface area contributed by atoms with E-state index in [0.29, 0.717) is 17.1 Å². The van der Waals surface area contributed by atoms with Gasteiger partial charge in [-0.3, -0.25) is 9.98 Å². The molecule has 0 radical (unpaired) electrons. The first-order chi connectivity index (χ1) is 25.4. The highest BCUT2D eigenvalue weighted by Crippen LogP contribution is 2.40. The Bertz CT molecular complexity index is 2400. The van der Waals surface area contributed by atoms with E-state index in [4.69, 9.17) is 32.9 Å². The van der Waals surface area contributed by atoms with Gasteiger partial charge in [0.05, 0.1) is 35.1 Å². The molecule has 4 atom stereocenters. The summed E-state index contributed by atoms with van der Waals surface area (Å²) in [4.78, 5) is 14.7. The van der Waals surface area contributed by atoms with Crippen LogP contribution in [-0.4, -0.2) is 28.5 Å². The number of hydrogen-bond acceptors (Lipinski definition) is 7. The number of benzene rings is 4. The van der Waals surface area contributed by atoms with Crippen molar-refractivity contribution in [2.24, 2.45) is 9.98 Å². The normalized spacial score (nSPS) is 23.2. The molecule has 8 bridgehead atoms. The maximum Gasteiger partial charge on any atom is 0.0815 e. The number of nitrogens with zero attached hydrogens (tertiary/aromatic N) is 2. The lowest BCUT2D eigenvalue weighted by molar-refractivity contribution is 0.616. The molecule has 8 heteroatoms. The highest BCUT2D eigenvalue weighted by molar-refractivity contribution is 6.31. The Kier molecular flexibility index (Phi) is 7.51. The second-order valence-corrected chi connectivity index (χ2v) is 13.7. The van der Waals surface area contributed by atoms with Crippen molar-refractivity contribution in [2.75, 3.05) is 22.9 Å². The van der Waals surface area contributed by atoms with E-state index in [0.717, 1.165) is 73.3 Å². The van der Waals surface area contributed by atoms with Crippen molar-refractivity contribution in [3.05, 3.63) is 191 Å². The summed E-state index contributed by atoms with van der Waals surface area (Å²) < 4.78 is 0. The Hall–Kier alpha value is -6.80. The molecular formula is C44H38N8. The molecule has 0 fully saturated rings. The molecule has 0 amide bonds. The molecule has 5 aromatic rings. The molecule has 5 heterocycles. The number of nitrogens with one attached hydrogen (secondary N) is 2. The molecule has 10 N–H and O–H groups in total. The molecule has 254 valence electrons. The van der Waals surface area contributed by atoms with Gasteiger partial charge in [0, 0.05) is 56.9 Å². The average Bonchev–Trinajstić information content (AvgIpc) is 3.99. The van der Waals surface area contributed by atoms with E-state index in [-0.39, 0.29) is 23.9 Å². The predicted octanol–water partition coefficient (Wildman–Crippen LogP) is 7.36. The lowest BCUT2D eigenvalue weighted by atomic mass is 9.87. The van der Waals surface area contributed by atoms with Crippen LogP contribution in [0.4, 0.5) is 22.7 Å². The van der Waals surface area contributed by atoms with Crippen molar-refractivity contribution in [1.82, 2.24) is 10.3 Å². The lowest BCUT2D eigenvalue weighted by Crippen LogP contribution is -2.30. The van der Waals surface area contributed by atoms with E-state index >= 15 is 0 Å². The first kappa shape index (κ1) is 31.2. The second-order valence-electron chi connectivity index (χ2n) is 13.7. The highest BCUT2D eigenvalue weighted by atomic mass is 15.0. The van der Waals surface area contributed by atoms with Crippen LogP contribution in [0.15, 0.2) is 167 Å². The highest BCUT2D eigenvalue weighted by Gasteiger charge is 2.34. The number of allylic oxidation sites excluding steroid dienone is 5. The minimum Gasteiger partial charge on any atom is -0.399 e. The molecule has 0 spiro atoms. The number of nitrogens with two attached hydrogens (primary N) is 4. The van der Waals surface area contributed by atoms with E-state index in [2.05, 4.69) is 107 Å². The molecule has 4 aliphatic rings. The third-order valence-electron chi connectivity index (χ3n) is 10.3. The lowest BCUT2D eigenvalue weighted by Gasteiger charge is -2.25. The molecule has 0 saturated heterocycles. The Morgan fingerprint density at radius 2 is 1.10 bits per heavy atom. The summed E-state index contributed by atoms with van der Waals surface area (Å²) in [6.07, 6.45) is 13.0. The second kappa shape index (κ2) is 12.5. The van der Waals surface area contributed by atoms with Crippen molar-refractivity contribution < 1.29 is 0 Å². The smallest absolute Gasteiger partial charge is 0.0815 e. The summed E-state index contributed by atoms with van der Waals surface area (Å²) in [6, 6.07) is 36.2. The molecule has 8 nitrogen and oxygen atoms in total. The Labute approximate surface area is 302 Å². The maximum absolute atomic E-state index is 6.17. The number of aliphatic imine (C=N–C) groups is 2. The summed E-state index contributed by atoms with van der Waals surface area (Å²) in [5, 5.41) is 3.90. The summed E-state index contributed by atoms with van der Waals surface area (Å²) in [7, 11) is 0. The van der Waals surface area contributed by atoms with Crippen molar-refractivity contribution >= 4 is 45.3 Å². The number of fused-ring (bicyclic) bond motifs is 6. The summed E-state index contributed by atoms with van der Waals surface area (Å²) in [5.41, 5.74) is 39.4. The number of hydrogen-bond donors (Lipinski definition) is 6. The molecule has 4 aliphatic heterocycles. The van der Waals surface area contributed by atoms with Crippen LogP contribution >= 0.6 is 0 Å². The zero-order valence-electron chi connectivity index (χ0n) is 28.4. The molecule has 52 heavy (non-hydrogen) atoms. The van der Waals surface area contributed by atoms with E-state index in [1.807, 2.05) is 48.5 Å². The quantitative estimate of drug-likeness (QED) is 0.110. The van der Waals surface area contributed by atoms with E-state index in [1.54, 1.807) is 0 Å². The van der Waals surface area contributed by atoms with Gasteiger partial charge in [-0.2, -0.15) is 0 Å². The fraction of sp³-hybridized carbons (Fsp3) is 0.0909. The molecule has 4 aromatic carbocycles. The topological polar surface area (TPSA) is 157 Å². The number of aromatic amines is 1. The van der Waals surface area contributed by atoms with Crippen LogP contribution in [0.1, 0.15) is 45.5 Å². The molecule has 0 aliphatic carbocycles. The molecule has 0 saturated carbocycles. The van der Waals surface area contributed by atoms with Crippen molar-refractivity contribution in [3.8, 4) is 0 Å². The number of nitrogen functional groups attached to an aromatic ring is 4. The zero-order valence-corrected chi connectivity index (χ0v) is 28.4. The maximum atomic E-state index is 6.17. The van der Waals surface area contributed by atoms with Crippen LogP contribution in [0.25, 0.3) is 11.1 Å². The predicted molar refractivity (Wildman–Crippen MR) is 215 cm³/mol.